The molecule has 0 spiro atoms. The summed E-state index contributed by atoms with van der Waals surface area (Å²) in [5.74, 6) is 0.566. The minimum absolute atomic E-state index is 0.108. The van der Waals surface area contributed by atoms with Crippen LogP contribution in [0.25, 0.3) is 0 Å². The van der Waals surface area contributed by atoms with Gasteiger partial charge in [-0.15, -0.1) is 0 Å². The summed E-state index contributed by atoms with van der Waals surface area (Å²) >= 11 is 3.47. The number of carbonyl (C=O) groups excluding carboxylic acids is 1. The first-order chi connectivity index (χ1) is 12.2. The van der Waals surface area contributed by atoms with Gasteiger partial charge in [0.2, 0.25) is 0 Å². The summed E-state index contributed by atoms with van der Waals surface area (Å²) in [4.78, 5) is 18.8. The number of aromatic nitrogens is 1. The van der Waals surface area contributed by atoms with Gasteiger partial charge < -0.3 is 10.6 Å². The fraction of sp³-hybridized carbons (Fsp3) is 0.368. The van der Waals surface area contributed by atoms with Crippen molar-refractivity contribution in [1.29, 1.82) is 0 Å². The monoisotopic (exact) mass is 402 g/mol. The van der Waals surface area contributed by atoms with Crippen molar-refractivity contribution in [3.8, 4) is 0 Å². The van der Waals surface area contributed by atoms with Gasteiger partial charge in [0.15, 0.2) is 0 Å². The number of benzene rings is 1. The molecule has 3 rings (SSSR count). The van der Waals surface area contributed by atoms with Gasteiger partial charge in [-0.25, -0.2) is 4.98 Å². The highest BCUT2D eigenvalue weighted by molar-refractivity contribution is 9.10. The summed E-state index contributed by atoms with van der Waals surface area (Å²) in [5.41, 5.74) is 1.93. The Balaban J connectivity index is 1.54. The van der Waals surface area contributed by atoms with E-state index >= 15 is 0 Å². The van der Waals surface area contributed by atoms with Crippen molar-refractivity contribution in [2.75, 3.05) is 25.5 Å². The molecule has 2 heterocycles. The van der Waals surface area contributed by atoms with E-state index in [1.807, 2.05) is 0 Å². The van der Waals surface area contributed by atoms with Gasteiger partial charge in [-0.1, -0.05) is 28.1 Å². The third-order valence-corrected chi connectivity index (χ3v) is 5.06. The zero-order valence-electron chi connectivity index (χ0n) is 14.3. The second kappa shape index (κ2) is 8.45. The standard InChI is InChI=1S/C19H23BrN4O/c1-21-19(25)17-3-2-10-22-18(17)23-16-8-11-24(12-9-16)13-14-4-6-15(20)7-5-14/h2-7,10,16H,8-9,11-13H2,1H3,(H,21,25)(H,22,23). The molecule has 0 saturated carbocycles. The van der Waals surface area contributed by atoms with Gasteiger partial charge in [0.25, 0.3) is 5.91 Å². The molecule has 5 nitrogen and oxygen atoms in total. The number of carbonyl (C=O) groups is 1. The van der Waals surface area contributed by atoms with E-state index < -0.39 is 0 Å². The first kappa shape index (κ1) is 17.9. The molecule has 2 N–H and O–H groups in total. The van der Waals surface area contributed by atoms with Crippen LogP contribution in [0.4, 0.5) is 5.82 Å². The van der Waals surface area contributed by atoms with Crippen molar-refractivity contribution in [3.05, 3.63) is 58.2 Å². The Kier molecular flexibility index (Phi) is 6.04. The molecule has 1 aliphatic rings. The molecule has 1 aliphatic heterocycles. The maximum Gasteiger partial charge on any atom is 0.254 e. The molecular weight excluding hydrogens is 380 g/mol. The maximum absolute atomic E-state index is 12.0. The summed E-state index contributed by atoms with van der Waals surface area (Å²) < 4.78 is 1.11. The van der Waals surface area contributed by atoms with E-state index in [4.69, 9.17) is 0 Å². The quantitative estimate of drug-likeness (QED) is 0.805. The van der Waals surface area contributed by atoms with Crippen LogP contribution in [0.5, 0.6) is 0 Å². The molecule has 0 bridgehead atoms. The second-order valence-corrected chi connectivity index (χ2v) is 7.22. The number of pyridine rings is 1. The molecule has 1 saturated heterocycles. The van der Waals surface area contributed by atoms with E-state index in [2.05, 4.69) is 60.7 Å². The zero-order valence-corrected chi connectivity index (χ0v) is 15.9. The van der Waals surface area contributed by atoms with E-state index in [9.17, 15) is 4.79 Å². The molecule has 6 heteroatoms. The van der Waals surface area contributed by atoms with Crippen LogP contribution in [-0.2, 0) is 6.54 Å². The minimum atomic E-state index is -0.108. The number of rotatable bonds is 5. The van der Waals surface area contributed by atoms with Gasteiger partial charge in [-0.05, 0) is 42.7 Å². The van der Waals surface area contributed by atoms with E-state index in [0.717, 1.165) is 36.9 Å². The highest BCUT2D eigenvalue weighted by Gasteiger charge is 2.21. The van der Waals surface area contributed by atoms with Crippen LogP contribution < -0.4 is 10.6 Å². The van der Waals surface area contributed by atoms with Gasteiger partial charge in [0, 0.05) is 43.4 Å². The Bertz CT molecular complexity index is 712. The number of nitrogens with zero attached hydrogens (tertiary/aromatic N) is 2. The first-order valence-electron chi connectivity index (χ1n) is 8.56. The molecule has 1 aromatic carbocycles. The smallest absolute Gasteiger partial charge is 0.254 e. The molecule has 1 fully saturated rings. The van der Waals surface area contributed by atoms with Crippen LogP contribution in [0.2, 0.25) is 0 Å². The Morgan fingerprint density at radius 2 is 1.96 bits per heavy atom. The van der Waals surface area contributed by atoms with Gasteiger partial charge in [0.1, 0.15) is 5.82 Å². The number of hydrogen-bond acceptors (Lipinski definition) is 4. The Morgan fingerprint density at radius 3 is 2.64 bits per heavy atom. The Labute approximate surface area is 157 Å². The third-order valence-electron chi connectivity index (χ3n) is 4.53. The van der Waals surface area contributed by atoms with Crippen LogP contribution in [0.1, 0.15) is 28.8 Å². The molecule has 0 atom stereocenters. The highest BCUT2D eigenvalue weighted by Crippen LogP contribution is 2.20. The number of halogens is 1. The predicted molar refractivity (Wildman–Crippen MR) is 104 cm³/mol. The molecule has 0 aliphatic carbocycles. The molecule has 1 amide bonds. The van der Waals surface area contributed by atoms with E-state index in [1.165, 1.54) is 5.56 Å². The lowest BCUT2D eigenvalue weighted by molar-refractivity contribution is 0.0963. The SMILES string of the molecule is CNC(=O)c1cccnc1NC1CCN(Cc2ccc(Br)cc2)CC1. The van der Waals surface area contributed by atoms with Gasteiger partial charge in [-0.2, -0.15) is 0 Å². The molecular formula is C19H23BrN4O. The average Bonchev–Trinajstić information content (AvgIpc) is 2.65. The first-order valence-corrected chi connectivity index (χ1v) is 9.35. The van der Waals surface area contributed by atoms with E-state index in [-0.39, 0.29) is 5.91 Å². The van der Waals surface area contributed by atoms with Crippen LogP contribution in [0, 0.1) is 0 Å². The number of hydrogen-bond donors (Lipinski definition) is 2. The molecule has 2 aromatic rings. The summed E-state index contributed by atoms with van der Waals surface area (Å²) in [6.45, 7) is 3.05. The third kappa shape index (κ3) is 4.80. The van der Waals surface area contributed by atoms with Crippen LogP contribution in [0.15, 0.2) is 47.1 Å². The number of anilines is 1. The number of amides is 1. The van der Waals surface area contributed by atoms with E-state index in [0.29, 0.717) is 17.4 Å². The largest absolute Gasteiger partial charge is 0.367 e. The van der Waals surface area contributed by atoms with Crippen molar-refractivity contribution in [2.45, 2.75) is 25.4 Å². The van der Waals surface area contributed by atoms with Crippen molar-refractivity contribution < 1.29 is 4.79 Å². The number of nitrogens with one attached hydrogen (secondary N) is 2. The summed E-state index contributed by atoms with van der Waals surface area (Å²) in [6.07, 6.45) is 3.80. The predicted octanol–water partition coefficient (Wildman–Crippen LogP) is 3.28. The maximum atomic E-state index is 12.0. The molecule has 0 radical (unpaired) electrons. The Morgan fingerprint density at radius 1 is 1.24 bits per heavy atom. The zero-order chi connectivity index (χ0) is 17.6. The number of likely N-dealkylation sites (tertiary alicyclic amines) is 1. The highest BCUT2D eigenvalue weighted by atomic mass is 79.9. The fourth-order valence-electron chi connectivity index (χ4n) is 3.11. The molecule has 132 valence electrons. The van der Waals surface area contributed by atoms with Crippen molar-refractivity contribution in [1.82, 2.24) is 15.2 Å². The lowest BCUT2D eigenvalue weighted by Gasteiger charge is -2.32. The summed E-state index contributed by atoms with van der Waals surface area (Å²) in [6, 6.07) is 12.4. The Hall–Kier alpha value is -1.92. The second-order valence-electron chi connectivity index (χ2n) is 6.30. The van der Waals surface area contributed by atoms with Gasteiger partial charge in [0.05, 0.1) is 5.56 Å². The fourth-order valence-corrected chi connectivity index (χ4v) is 3.38. The normalized spacial score (nSPS) is 15.8. The topological polar surface area (TPSA) is 57.3 Å². The van der Waals surface area contributed by atoms with Crippen molar-refractivity contribution in [2.24, 2.45) is 0 Å². The van der Waals surface area contributed by atoms with Gasteiger partial charge in [-0.3, -0.25) is 9.69 Å². The summed E-state index contributed by atoms with van der Waals surface area (Å²) in [7, 11) is 1.64. The average molecular weight is 403 g/mol. The van der Waals surface area contributed by atoms with Crippen molar-refractivity contribution >= 4 is 27.7 Å². The minimum Gasteiger partial charge on any atom is -0.367 e. The van der Waals surface area contributed by atoms with E-state index in [1.54, 1.807) is 25.4 Å². The lowest BCUT2D eigenvalue weighted by Crippen LogP contribution is -2.39. The van der Waals surface area contributed by atoms with Crippen LogP contribution in [-0.4, -0.2) is 42.0 Å². The molecule has 1 aromatic heterocycles. The lowest BCUT2D eigenvalue weighted by atomic mass is 10.0. The molecule has 0 unspecified atom stereocenters. The van der Waals surface area contributed by atoms with Crippen molar-refractivity contribution in [3.63, 3.8) is 0 Å². The van der Waals surface area contributed by atoms with Crippen LogP contribution >= 0.6 is 15.9 Å². The van der Waals surface area contributed by atoms with Gasteiger partial charge >= 0.3 is 0 Å². The number of piperidine rings is 1. The molecule has 25 heavy (non-hydrogen) atoms. The summed E-state index contributed by atoms with van der Waals surface area (Å²) in [5, 5.41) is 6.12. The van der Waals surface area contributed by atoms with Crippen LogP contribution in [0.3, 0.4) is 0 Å².